The molecule has 2 aromatic rings. The highest BCUT2D eigenvalue weighted by atomic mass is 79.9. The van der Waals surface area contributed by atoms with Crippen molar-refractivity contribution in [2.45, 2.75) is 37.1 Å². The molecule has 1 aromatic heterocycles. The summed E-state index contributed by atoms with van der Waals surface area (Å²) >= 11 is 5.47. The van der Waals surface area contributed by atoms with Gasteiger partial charge < -0.3 is 9.73 Å². The van der Waals surface area contributed by atoms with Gasteiger partial charge in [-0.1, -0.05) is 12.1 Å². The molecule has 1 N–H and O–H groups in total. The second kappa shape index (κ2) is 6.94. The highest BCUT2D eigenvalue weighted by molar-refractivity contribution is 9.10. The van der Waals surface area contributed by atoms with Crippen LogP contribution in [0.5, 0.6) is 0 Å². The van der Waals surface area contributed by atoms with Crippen LogP contribution in [0, 0.1) is 0 Å². The third kappa shape index (κ3) is 3.67. The number of hydrogen-bond donors (Lipinski definition) is 1. The van der Waals surface area contributed by atoms with Gasteiger partial charge in [-0.25, -0.2) is 0 Å². The molecule has 0 aliphatic heterocycles. The first kappa shape index (κ1) is 15.1. The molecular formula is C15H18BrN3OS. The van der Waals surface area contributed by atoms with E-state index in [-0.39, 0.29) is 0 Å². The molecule has 1 aliphatic rings. The third-order valence-electron chi connectivity index (χ3n) is 3.83. The number of rotatable bonds is 5. The second-order valence-electron chi connectivity index (χ2n) is 5.23. The van der Waals surface area contributed by atoms with E-state index in [1.54, 1.807) is 0 Å². The zero-order valence-corrected chi connectivity index (χ0v) is 14.3. The highest BCUT2D eigenvalue weighted by Crippen LogP contribution is 2.29. The molecule has 0 bridgehead atoms. The summed E-state index contributed by atoms with van der Waals surface area (Å²) in [5.41, 5.74) is 0.930. The van der Waals surface area contributed by atoms with Gasteiger partial charge in [0, 0.05) is 15.8 Å². The van der Waals surface area contributed by atoms with Crippen LogP contribution in [0.15, 0.2) is 33.2 Å². The molecule has 1 aromatic carbocycles. The van der Waals surface area contributed by atoms with Crippen molar-refractivity contribution >= 4 is 27.7 Å². The minimum Gasteiger partial charge on any atom is -0.419 e. The quantitative estimate of drug-likeness (QED) is 0.868. The van der Waals surface area contributed by atoms with Crippen LogP contribution in [0.2, 0.25) is 0 Å². The average Bonchev–Trinajstić information content (AvgIpc) is 3.14. The molecule has 0 saturated heterocycles. The Hall–Kier alpha value is -0.850. The molecule has 1 heterocycles. The fourth-order valence-electron chi connectivity index (χ4n) is 2.64. The van der Waals surface area contributed by atoms with Crippen LogP contribution in [0.4, 0.5) is 0 Å². The molecule has 21 heavy (non-hydrogen) atoms. The lowest BCUT2D eigenvalue weighted by Crippen LogP contribution is -2.26. The van der Waals surface area contributed by atoms with E-state index >= 15 is 0 Å². The summed E-state index contributed by atoms with van der Waals surface area (Å²) in [6, 6.07) is 8.44. The first-order valence-corrected chi connectivity index (χ1v) is 9.18. The average molecular weight is 368 g/mol. The molecule has 2 atom stereocenters. The van der Waals surface area contributed by atoms with E-state index in [4.69, 9.17) is 4.42 Å². The van der Waals surface area contributed by atoms with Gasteiger partial charge in [-0.3, -0.25) is 0 Å². The Kier molecular flexibility index (Phi) is 4.98. The van der Waals surface area contributed by atoms with Crippen molar-refractivity contribution in [3.63, 3.8) is 0 Å². The van der Waals surface area contributed by atoms with E-state index in [9.17, 15) is 0 Å². The zero-order valence-electron chi connectivity index (χ0n) is 11.9. The van der Waals surface area contributed by atoms with Crippen molar-refractivity contribution in [2.75, 3.05) is 6.26 Å². The van der Waals surface area contributed by atoms with Gasteiger partial charge >= 0.3 is 0 Å². The van der Waals surface area contributed by atoms with Gasteiger partial charge in [0.05, 0.1) is 12.1 Å². The largest absolute Gasteiger partial charge is 0.419 e. The standard InChI is InChI=1S/C15H18BrN3OS/c1-21-11-7-6-10(8-11)17-9-14-18-19-15(20-14)12-4-2-3-5-13(12)16/h2-5,10-11,17H,6-9H2,1H3. The summed E-state index contributed by atoms with van der Waals surface area (Å²) in [6.07, 6.45) is 5.95. The summed E-state index contributed by atoms with van der Waals surface area (Å²) in [5, 5.41) is 12.6. The van der Waals surface area contributed by atoms with Gasteiger partial charge in [0.25, 0.3) is 0 Å². The van der Waals surface area contributed by atoms with Crippen LogP contribution >= 0.6 is 27.7 Å². The molecule has 1 fully saturated rings. The normalized spacial score (nSPS) is 21.8. The smallest absolute Gasteiger partial charge is 0.248 e. The molecular weight excluding hydrogens is 350 g/mol. The Morgan fingerprint density at radius 1 is 1.33 bits per heavy atom. The van der Waals surface area contributed by atoms with Crippen molar-refractivity contribution < 1.29 is 4.42 Å². The summed E-state index contributed by atoms with van der Waals surface area (Å²) in [4.78, 5) is 0. The number of thioether (sulfide) groups is 1. The third-order valence-corrected chi connectivity index (χ3v) is 5.62. The molecule has 1 saturated carbocycles. The number of halogens is 1. The second-order valence-corrected chi connectivity index (χ2v) is 7.22. The van der Waals surface area contributed by atoms with E-state index in [2.05, 4.69) is 37.7 Å². The van der Waals surface area contributed by atoms with E-state index in [1.807, 2.05) is 36.0 Å². The van der Waals surface area contributed by atoms with Gasteiger partial charge in [-0.05, 0) is 53.6 Å². The number of hydrogen-bond acceptors (Lipinski definition) is 5. The van der Waals surface area contributed by atoms with Crippen LogP contribution in [0.3, 0.4) is 0 Å². The molecule has 6 heteroatoms. The van der Waals surface area contributed by atoms with Gasteiger partial charge in [0.1, 0.15) is 0 Å². The van der Waals surface area contributed by atoms with Crippen LogP contribution in [0.25, 0.3) is 11.5 Å². The number of benzene rings is 1. The highest BCUT2D eigenvalue weighted by Gasteiger charge is 2.23. The van der Waals surface area contributed by atoms with Crippen LogP contribution < -0.4 is 5.32 Å². The number of nitrogens with zero attached hydrogens (tertiary/aromatic N) is 2. The lowest BCUT2D eigenvalue weighted by molar-refractivity contribution is 0.440. The van der Waals surface area contributed by atoms with Gasteiger partial charge in [-0.2, -0.15) is 11.8 Å². The molecule has 0 amide bonds. The van der Waals surface area contributed by atoms with E-state index in [0.717, 1.165) is 15.3 Å². The fraction of sp³-hybridized carbons (Fsp3) is 0.467. The van der Waals surface area contributed by atoms with Crippen LogP contribution in [-0.2, 0) is 6.54 Å². The maximum absolute atomic E-state index is 5.74. The monoisotopic (exact) mass is 367 g/mol. The molecule has 0 spiro atoms. The van der Waals surface area contributed by atoms with E-state index in [0.29, 0.717) is 24.4 Å². The minimum atomic E-state index is 0.563. The van der Waals surface area contributed by atoms with E-state index < -0.39 is 0 Å². The van der Waals surface area contributed by atoms with Crippen molar-refractivity contribution in [3.8, 4) is 11.5 Å². The van der Waals surface area contributed by atoms with Gasteiger partial charge in [0.15, 0.2) is 0 Å². The maximum atomic E-state index is 5.74. The van der Waals surface area contributed by atoms with Crippen molar-refractivity contribution in [1.29, 1.82) is 0 Å². The van der Waals surface area contributed by atoms with Crippen molar-refractivity contribution in [1.82, 2.24) is 15.5 Å². The Balaban J connectivity index is 1.60. The Labute approximate surface area is 137 Å². The van der Waals surface area contributed by atoms with Crippen LogP contribution in [-0.4, -0.2) is 27.7 Å². The molecule has 112 valence electrons. The maximum Gasteiger partial charge on any atom is 0.248 e. The molecule has 3 rings (SSSR count). The molecule has 1 aliphatic carbocycles. The van der Waals surface area contributed by atoms with E-state index in [1.165, 1.54) is 19.3 Å². The first-order chi connectivity index (χ1) is 10.3. The predicted molar refractivity (Wildman–Crippen MR) is 89.2 cm³/mol. The molecule has 2 unspecified atom stereocenters. The molecule has 4 nitrogen and oxygen atoms in total. The lowest BCUT2D eigenvalue weighted by atomic mass is 10.2. The minimum absolute atomic E-state index is 0.563. The summed E-state index contributed by atoms with van der Waals surface area (Å²) in [5.74, 6) is 1.21. The zero-order chi connectivity index (χ0) is 14.7. The summed E-state index contributed by atoms with van der Waals surface area (Å²) < 4.78 is 6.71. The predicted octanol–water partition coefficient (Wildman–Crippen LogP) is 3.87. The molecule has 0 radical (unpaired) electrons. The fourth-order valence-corrected chi connectivity index (χ4v) is 3.89. The summed E-state index contributed by atoms with van der Waals surface area (Å²) in [7, 11) is 0. The number of aromatic nitrogens is 2. The van der Waals surface area contributed by atoms with Gasteiger partial charge in [-0.15, -0.1) is 10.2 Å². The topological polar surface area (TPSA) is 51.0 Å². The lowest BCUT2D eigenvalue weighted by Gasteiger charge is -2.10. The Morgan fingerprint density at radius 2 is 2.19 bits per heavy atom. The first-order valence-electron chi connectivity index (χ1n) is 7.09. The van der Waals surface area contributed by atoms with Crippen LogP contribution in [0.1, 0.15) is 25.2 Å². The van der Waals surface area contributed by atoms with Gasteiger partial charge in [0.2, 0.25) is 11.8 Å². The Morgan fingerprint density at radius 3 is 2.95 bits per heavy atom. The van der Waals surface area contributed by atoms with Crippen molar-refractivity contribution in [3.05, 3.63) is 34.6 Å². The summed E-state index contributed by atoms with van der Waals surface area (Å²) in [6.45, 7) is 0.642. The van der Waals surface area contributed by atoms with Crippen molar-refractivity contribution in [2.24, 2.45) is 0 Å². The SMILES string of the molecule is CSC1CCC(NCc2nnc(-c3ccccc3Br)o2)C1. The Bertz CT molecular complexity index is 604. The number of nitrogens with one attached hydrogen (secondary N) is 1.